The van der Waals surface area contributed by atoms with Gasteiger partial charge in [-0.1, -0.05) is 30.3 Å². The number of benzene rings is 1. The molecule has 0 bridgehead atoms. The average molecular weight is 317 g/mol. The summed E-state index contributed by atoms with van der Waals surface area (Å²) < 4.78 is 4.96. The summed E-state index contributed by atoms with van der Waals surface area (Å²) in [5.74, 6) is -0.135. The number of nitrogens with zero attached hydrogens (tertiary/aromatic N) is 2. The van der Waals surface area contributed by atoms with Crippen molar-refractivity contribution in [2.24, 2.45) is 5.73 Å². The molecule has 2 atom stereocenters. The fourth-order valence-corrected chi connectivity index (χ4v) is 3.92. The lowest BCUT2D eigenvalue weighted by Crippen LogP contribution is -2.49. The van der Waals surface area contributed by atoms with E-state index in [0.29, 0.717) is 6.04 Å². The number of hydrogen-bond donors (Lipinski definition) is 1. The number of hydrogen-bond acceptors (Lipinski definition) is 5. The minimum absolute atomic E-state index is 0.0847. The zero-order valence-electron chi connectivity index (χ0n) is 13.9. The maximum Gasteiger partial charge on any atom is 0.323 e. The van der Waals surface area contributed by atoms with Gasteiger partial charge in [-0.3, -0.25) is 14.6 Å². The quantitative estimate of drug-likeness (QED) is 0.846. The molecule has 0 spiro atoms. The maximum atomic E-state index is 12.0. The van der Waals surface area contributed by atoms with Crippen molar-refractivity contribution < 1.29 is 9.53 Å². The highest BCUT2D eigenvalue weighted by Crippen LogP contribution is 2.26. The molecule has 0 radical (unpaired) electrons. The van der Waals surface area contributed by atoms with Crippen molar-refractivity contribution in [1.29, 1.82) is 0 Å². The highest BCUT2D eigenvalue weighted by atomic mass is 16.5. The van der Waals surface area contributed by atoms with Crippen molar-refractivity contribution in [2.45, 2.75) is 43.9 Å². The molecule has 1 aromatic carbocycles. The molecule has 2 heterocycles. The van der Waals surface area contributed by atoms with Crippen molar-refractivity contribution in [2.75, 3.05) is 26.7 Å². The highest BCUT2D eigenvalue weighted by Gasteiger charge is 2.40. The molecule has 3 rings (SSSR count). The molecule has 0 unspecified atom stereocenters. The third-order valence-corrected chi connectivity index (χ3v) is 5.12. The third-order valence-electron chi connectivity index (χ3n) is 5.12. The Kier molecular flexibility index (Phi) is 5.30. The number of rotatable bonds is 4. The first-order chi connectivity index (χ1) is 11.2. The van der Waals surface area contributed by atoms with Crippen molar-refractivity contribution in [3.63, 3.8) is 0 Å². The lowest BCUT2D eigenvalue weighted by Gasteiger charge is -2.38. The Morgan fingerprint density at radius 2 is 1.96 bits per heavy atom. The standard InChI is InChI=1S/C18H27N3O2/c1-23-18(22)17-11-15(19)13-21(17)16-7-9-20(10-8-16)12-14-5-3-2-4-6-14/h2-6,15-17H,7-13,19H2,1H3/t15-,17+/m1/s1. The summed E-state index contributed by atoms with van der Waals surface area (Å²) in [7, 11) is 1.47. The van der Waals surface area contributed by atoms with Gasteiger partial charge in [0.1, 0.15) is 6.04 Å². The summed E-state index contributed by atoms with van der Waals surface area (Å²) >= 11 is 0. The summed E-state index contributed by atoms with van der Waals surface area (Å²) in [6.45, 7) is 3.95. The lowest BCUT2D eigenvalue weighted by molar-refractivity contribution is -0.147. The fourth-order valence-electron chi connectivity index (χ4n) is 3.92. The van der Waals surface area contributed by atoms with Crippen LogP contribution in [0.25, 0.3) is 0 Å². The Hall–Kier alpha value is -1.43. The largest absolute Gasteiger partial charge is 0.468 e. The summed E-state index contributed by atoms with van der Waals surface area (Å²) in [6.07, 6.45) is 2.90. The Bertz CT molecular complexity index is 514. The zero-order chi connectivity index (χ0) is 16.2. The van der Waals surface area contributed by atoms with Gasteiger partial charge in [0.05, 0.1) is 7.11 Å². The van der Waals surface area contributed by atoms with Crippen LogP contribution in [0.5, 0.6) is 0 Å². The van der Waals surface area contributed by atoms with Crippen LogP contribution >= 0.6 is 0 Å². The predicted octanol–water partition coefficient (Wildman–Crippen LogP) is 1.23. The molecular weight excluding hydrogens is 290 g/mol. The molecule has 5 nitrogen and oxygen atoms in total. The number of ether oxygens (including phenoxy) is 1. The van der Waals surface area contributed by atoms with E-state index >= 15 is 0 Å². The molecule has 2 aliphatic heterocycles. The first-order valence-corrected chi connectivity index (χ1v) is 8.53. The number of nitrogens with two attached hydrogens (primary N) is 1. The summed E-state index contributed by atoms with van der Waals surface area (Å²) in [5.41, 5.74) is 7.45. The topological polar surface area (TPSA) is 58.8 Å². The lowest BCUT2D eigenvalue weighted by atomic mass is 10.0. The molecule has 1 aromatic rings. The van der Waals surface area contributed by atoms with Crippen LogP contribution in [0.2, 0.25) is 0 Å². The van der Waals surface area contributed by atoms with Gasteiger partial charge in [-0.05, 0) is 37.9 Å². The van der Waals surface area contributed by atoms with Crippen molar-refractivity contribution >= 4 is 5.97 Å². The number of likely N-dealkylation sites (tertiary alicyclic amines) is 2. The second-order valence-electron chi connectivity index (χ2n) is 6.72. The predicted molar refractivity (Wildman–Crippen MR) is 89.8 cm³/mol. The molecule has 0 amide bonds. The van der Waals surface area contributed by atoms with E-state index in [4.69, 9.17) is 10.5 Å². The summed E-state index contributed by atoms with van der Waals surface area (Å²) in [4.78, 5) is 16.8. The van der Waals surface area contributed by atoms with Gasteiger partial charge in [0.15, 0.2) is 0 Å². The van der Waals surface area contributed by atoms with E-state index in [0.717, 1.165) is 45.4 Å². The molecule has 23 heavy (non-hydrogen) atoms. The molecule has 0 aliphatic carbocycles. The van der Waals surface area contributed by atoms with Crippen LogP contribution in [0.3, 0.4) is 0 Å². The van der Waals surface area contributed by atoms with Crippen LogP contribution in [0.1, 0.15) is 24.8 Å². The number of carbonyl (C=O) groups is 1. The minimum atomic E-state index is -0.152. The Morgan fingerprint density at radius 3 is 2.61 bits per heavy atom. The van der Waals surface area contributed by atoms with Gasteiger partial charge in [-0.25, -0.2) is 0 Å². The van der Waals surface area contributed by atoms with E-state index in [2.05, 4.69) is 40.1 Å². The SMILES string of the molecule is COC(=O)[C@@H]1C[C@@H](N)CN1C1CCN(Cc2ccccc2)CC1. The molecule has 2 aliphatic rings. The van der Waals surface area contributed by atoms with Crippen molar-refractivity contribution in [3.8, 4) is 0 Å². The normalized spacial score (nSPS) is 27.2. The van der Waals surface area contributed by atoms with Crippen LogP contribution in [-0.4, -0.2) is 60.6 Å². The van der Waals surface area contributed by atoms with Crippen molar-refractivity contribution in [1.82, 2.24) is 9.80 Å². The first-order valence-electron chi connectivity index (χ1n) is 8.53. The minimum Gasteiger partial charge on any atom is -0.468 e. The fraction of sp³-hybridized carbons (Fsp3) is 0.611. The maximum absolute atomic E-state index is 12.0. The van der Waals surface area contributed by atoms with Crippen molar-refractivity contribution in [3.05, 3.63) is 35.9 Å². The monoisotopic (exact) mass is 317 g/mol. The van der Waals surface area contributed by atoms with E-state index < -0.39 is 0 Å². The van der Waals surface area contributed by atoms with Gasteiger partial charge in [0.25, 0.3) is 0 Å². The van der Waals surface area contributed by atoms with Crippen LogP contribution in [0.15, 0.2) is 30.3 Å². The second kappa shape index (κ2) is 7.43. The average Bonchev–Trinajstić information content (AvgIpc) is 2.97. The number of esters is 1. The number of methoxy groups -OCH3 is 1. The molecular formula is C18H27N3O2. The van der Waals surface area contributed by atoms with E-state index in [1.165, 1.54) is 12.7 Å². The van der Waals surface area contributed by atoms with Gasteiger partial charge >= 0.3 is 5.97 Å². The van der Waals surface area contributed by atoms with Gasteiger partial charge in [-0.15, -0.1) is 0 Å². The van der Waals surface area contributed by atoms with Gasteiger partial charge < -0.3 is 10.5 Å². The van der Waals surface area contributed by atoms with E-state index in [1.54, 1.807) is 0 Å². The van der Waals surface area contributed by atoms with Crippen LogP contribution in [0, 0.1) is 0 Å². The van der Waals surface area contributed by atoms with Crippen LogP contribution in [-0.2, 0) is 16.1 Å². The molecule has 5 heteroatoms. The summed E-state index contributed by atoms with van der Waals surface area (Å²) in [5, 5.41) is 0. The van der Waals surface area contributed by atoms with Gasteiger partial charge in [-0.2, -0.15) is 0 Å². The summed E-state index contributed by atoms with van der Waals surface area (Å²) in [6, 6.07) is 11.0. The third kappa shape index (κ3) is 3.91. The van der Waals surface area contributed by atoms with Crippen LogP contribution < -0.4 is 5.73 Å². The van der Waals surface area contributed by atoms with E-state index in [1.807, 2.05) is 0 Å². The van der Waals surface area contributed by atoms with Gasteiger partial charge in [0.2, 0.25) is 0 Å². The second-order valence-corrected chi connectivity index (χ2v) is 6.72. The molecule has 2 N–H and O–H groups in total. The molecule has 2 fully saturated rings. The number of piperidine rings is 1. The Morgan fingerprint density at radius 1 is 1.26 bits per heavy atom. The van der Waals surface area contributed by atoms with Crippen LogP contribution in [0.4, 0.5) is 0 Å². The Balaban J connectivity index is 1.55. The molecule has 0 aromatic heterocycles. The van der Waals surface area contributed by atoms with Gasteiger partial charge in [0, 0.05) is 25.2 Å². The molecule has 126 valence electrons. The smallest absolute Gasteiger partial charge is 0.323 e. The van der Waals surface area contributed by atoms with E-state index in [9.17, 15) is 4.79 Å². The Labute approximate surface area is 138 Å². The van der Waals surface area contributed by atoms with E-state index in [-0.39, 0.29) is 18.1 Å². The zero-order valence-corrected chi connectivity index (χ0v) is 13.9. The molecule has 0 saturated carbocycles. The number of carbonyl (C=O) groups excluding carboxylic acids is 1. The first kappa shape index (κ1) is 16.4. The molecule has 2 saturated heterocycles. The highest BCUT2D eigenvalue weighted by molar-refractivity contribution is 5.76.